The monoisotopic (exact) mass is 416 g/mol. The summed E-state index contributed by atoms with van der Waals surface area (Å²) in [5, 5.41) is 6.44. The van der Waals surface area contributed by atoms with E-state index in [9.17, 15) is 0 Å². The lowest BCUT2D eigenvalue weighted by Crippen LogP contribution is -2.04. The zero-order chi connectivity index (χ0) is 21.8. The molecule has 0 unspecified atom stereocenters. The van der Waals surface area contributed by atoms with Gasteiger partial charge in [-0.05, 0) is 24.3 Å². The molecule has 156 valence electrons. The first-order valence-electron chi connectivity index (χ1n) is 9.27. The molecule has 4 aromatic rings. The van der Waals surface area contributed by atoms with Crippen LogP contribution in [0.5, 0.6) is 17.2 Å². The topological polar surface area (TPSA) is 106 Å². The number of ether oxygens (including phenoxy) is 3. The van der Waals surface area contributed by atoms with Crippen molar-refractivity contribution < 1.29 is 14.2 Å². The van der Waals surface area contributed by atoms with Crippen LogP contribution in [0.4, 0.5) is 23.1 Å². The van der Waals surface area contributed by atoms with Gasteiger partial charge in [-0.1, -0.05) is 5.92 Å². The molecule has 0 aliphatic carbocycles. The molecule has 31 heavy (non-hydrogen) atoms. The Morgan fingerprint density at radius 1 is 0.935 bits per heavy atom. The van der Waals surface area contributed by atoms with E-state index >= 15 is 0 Å². The highest BCUT2D eigenvalue weighted by atomic mass is 16.5. The number of nitrogens with one attached hydrogen (secondary N) is 3. The number of hydrogen-bond acceptors (Lipinski definition) is 8. The summed E-state index contributed by atoms with van der Waals surface area (Å²) >= 11 is 0. The van der Waals surface area contributed by atoms with Gasteiger partial charge >= 0.3 is 0 Å². The second kappa shape index (κ2) is 8.51. The van der Waals surface area contributed by atoms with Crippen LogP contribution in [0.15, 0.2) is 42.7 Å². The number of anilines is 4. The number of H-pyrrole nitrogens is 1. The van der Waals surface area contributed by atoms with Crippen LogP contribution in [-0.4, -0.2) is 41.3 Å². The van der Waals surface area contributed by atoms with Crippen LogP contribution in [0.3, 0.4) is 0 Å². The van der Waals surface area contributed by atoms with Crippen LogP contribution in [-0.2, 0) is 0 Å². The summed E-state index contributed by atoms with van der Waals surface area (Å²) in [4.78, 5) is 16.4. The normalized spacial score (nSPS) is 10.4. The highest BCUT2D eigenvalue weighted by Gasteiger charge is 2.17. The Labute approximate surface area is 178 Å². The van der Waals surface area contributed by atoms with Gasteiger partial charge in [0.2, 0.25) is 5.95 Å². The summed E-state index contributed by atoms with van der Waals surface area (Å²) in [5.74, 6) is 5.11. The van der Waals surface area contributed by atoms with Crippen molar-refractivity contribution in [3.05, 3.63) is 48.3 Å². The molecule has 2 aromatic carbocycles. The first-order valence-corrected chi connectivity index (χ1v) is 9.27. The Kier molecular flexibility index (Phi) is 5.45. The fourth-order valence-electron chi connectivity index (χ4n) is 3.01. The summed E-state index contributed by atoms with van der Waals surface area (Å²) in [6.07, 6.45) is 6.97. The van der Waals surface area contributed by atoms with Crippen LogP contribution in [0.2, 0.25) is 0 Å². The Hall–Kier alpha value is -4.45. The standard InChI is InChI=1S/C22H20N6O3/c1-5-13-6-8-14(9-7-13)25-22-27-20-19(23-12-24-20)21(28-22)26-18-16(30-3)10-15(29-2)11-17(18)31-4/h1,6-12H,2-4H3,(H3,23,24,25,26,27,28). The van der Waals surface area contributed by atoms with Crippen molar-refractivity contribution in [2.75, 3.05) is 32.0 Å². The van der Waals surface area contributed by atoms with E-state index in [2.05, 4.69) is 36.5 Å². The van der Waals surface area contributed by atoms with E-state index in [1.807, 2.05) is 24.3 Å². The number of fused-ring (bicyclic) bond motifs is 1. The molecule has 0 radical (unpaired) electrons. The highest BCUT2D eigenvalue weighted by Crippen LogP contribution is 2.41. The Morgan fingerprint density at radius 2 is 1.65 bits per heavy atom. The predicted molar refractivity (Wildman–Crippen MR) is 119 cm³/mol. The van der Waals surface area contributed by atoms with Crippen LogP contribution >= 0.6 is 0 Å². The largest absolute Gasteiger partial charge is 0.496 e. The summed E-state index contributed by atoms with van der Waals surface area (Å²) < 4.78 is 16.4. The number of rotatable bonds is 7. The van der Waals surface area contributed by atoms with Gasteiger partial charge in [-0.25, -0.2) is 4.98 Å². The third-order valence-corrected chi connectivity index (χ3v) is 4.55. The third-order valence-electron chi connectivity index (χ3n) is 4.55. The lowest BCUT2D eigenvalue weighted by molar-refractivity contribution is 0.378. The zero-order valence-electron chi connectivity index (χ0n) is 17.2. The van der Waals surface area contributed by atoms with Crippen molar-refractivity contribution in [3.63, 3.8) is 0 Å². The van der Waals surface area contributed by atoms with Gasteiger partial charge in [0.05, 0.1) is 27.7 Å². The van der Waals surface area contributed by atoms with E-state index in [1.165, 1.54) is 0 Å². The minimum absolute atomic E-state index is 0.363. The maximum Gasteiger partial charge on any atom is 0.231 e. The maximum absolute atomic E-state index is 5.52. The highest BCUT2D eigenvalue weighted by molar-refractivity contribution is 5.88. The van der Waals surface area contributed by atoms with Gasteiger partial charge < -0.3 is 29.8 Å². The van der Waals surface area contributed by atoms with Crippen LogP contribution in [0.1, 0.15) is 5.56 Å². The molecule has 9 heteroatoms. The van der Waals surface area contributed by atoms with E-state index in [0.717, 1.165) is 11.3 Å². The van der Waals surface area contributed by atoms with Crippen molar-refractivity contribution in [2.45, 2.75) is 0 Å². The Balaban J connectivity index is 1.74. The summed E-state index contributed by atoms with van der Waals surface area (Å²) in [5.41, 5.74) is 3.29. The second-order valence-electron chi connectivity index (χ2n) is 6.38. The summed E-state index contributed by atoms with van der Waals surface area (Å²) in [6.45, 7) is 0. The number of nitrogens with zero attached hydrogens (tertiary/aromatic N) is 3. The molecular formula is C22H20N6O3. The minimum Gasteiger partial charge on any atom is -0.496 e. The van der Waals surface area contributed by atoms with Gasteiger partial charge in [0.25, 0.3) is 0 Å². The number of imidazole rings is 1. The molecular weight excluding hydrogens is 396 g/mol. The number of methoxy groups -OCH3 is 3. The SMILES string of the molecule is C#Cc1ccc(Nc2nc(Nc3c(OC)cc(OC)cc3OC)c3[nH]cnc3n2)cc1. The molecule has 0 fully saturated rings. The Morgan fingerprint density at radius 3 is 2.26 bits per heavy atom. The molecule has 0 spiro atoms. The number of aromatic amines is 1. The van der Waals surface area contributed by atoms with Crippen molar-refractivity contribution in [2.24, 2.45) is 0 Å². The molecule has 0 bridgehead atoms. The van der Waals surface area contributed by atoms with Gasteiger partial charge in [-0.3, -0.25) is 0 Å². The van der Waals surface area contributed by atoms with Crippen molar-refractivity contribution >= 4 is 34.3 Å². The molecule has 9 nitrogen and oxygen atoms in total. The molecule has 2 aromatic heterocycles. The average Bonchev–Trinajstić information content (AvgIpc) is 3.28. The van der Waals surface area contributed by atoms with Gasteiger partial charge in [0.1, 0.15) is 28.5 Å². The molecule has 0 atom stereocenters. The average molecular weight is 416 g/mol. The van der Waals surface area contributed by atoms with E-state index in [1.54, 1.807) is 39.8 Å². The van der Waals surface area contributed by atoms with Crippen molar-refractivity contribution in [1.29, 1.82) is 0 Å². The lowest BCUT2D eigenvalue weighted by Gasteiger charge is -2.17. The first kappa shape index (κ1) is 19.8. The van der Waals surface area contributed by atoms with Gasteiger partial charge in [0, 0.05) is 23.4 Å². The number of benzene rings is 2. The quantitative estimate of drug-likeness (QED) is 0.390. The van der Waals surface area contributed by atoms with Crippen LogP contribution in [0, 0.1) is 12.3 Å². The van der Waals surface area contributed by atoms with Gasteiger partial charge in [-0.2, -0.15) is 9.97 Å². The summed E-state index contributed by atoms with van der Waals surface area (Å²) in [6, 6.07) is 10.9. The van der Waals surface area contributed by atoms with Crippen molar-refractivity contribution in [1.82, 2.24) is 19.9 Å². The predicted octanol–water partition coefficient (Wildman–Crippen LogP) is 3.85. The molecule has 0 aliphatic rings. The van der Waals surface area contributed by atoms with E-state index in [4.69, 9.17) is 20.6 Å². The zero-order valence-corrected chi connectivity index (χ0v) is 17.2. The molecule has 0 saturated heterocycles. The van der Waals surface area contributed by atoms with E-state index < -0.39 is 0 Å². The van der Waals surface area contributed by atoms with E-state index in [-0.39, 0.29) is 0 Å². The molecule has 3 N–H and O–H groups in total. The molecule has 0 saturated carbocycles. The smallest absolute Gasteiger partial charge is 0.231 e. The van der Waals surface area contributed by atoms with Gasteiger partial charge in [0.15, 0.2) is 11.5 Å². The first-order chi connectivity index (χ1) is 15.1. The number of hydrogen-bond donors (Lipinski definition) is 3. The molecule has 2 heterocycles. The fraction of sp³-hybridized carbons (Fsp3) is 0.136. The molecule has 0 amide bonds. The minimum atomic E-state index is 0.363. The fourth-order valence-corrected chi connectivity index (χ4v) is 3.01. The van der Waals surface area contributed by atoms with E-state index in [0.29, 0.717) is 45.9 Å². The van der Waals surface area contributed by atoms with Gasteiger partial charge in [-0.15, -0.1) is 6.42 Å². The van der Waals surface area contributed by atoms with Crippen LogP contribution in [0.25, 0.3) is 11.2 Å². The number of aromatic nitrogens is 4. The maximum atomic E-state index is 5.52. The molecule has 0 aliphatic heterocycles. The van der Waals surface area contributed by atoms with Crippen molar-refractivity contribution in [3.8, 4) is 29.6 Å². The summed E-state index contributed by atoms with van der Waals surface area (Å²) in [7, 11) is 4.71. The van der Waals surface area contributed by atoms with Crippen LogP contribution < -0.4 is 24.8 Å². The second-order valence-corrected chi connectivity index (χ2v) is 6.38. The number of terminal acetylenes is 1. The lowest BCUT2D eigenvalue weighted by atomic mass is 10.2. The third kappa shape index (κ3) is 4.00. The molecule has 4 rings (SSSR count). The Bertz CT molecular complexity index is 1240.